The molecule has 0 saturated carbocycles. The SMILES string of the molecule is CCN1CCC(CCNC(=O)N(C)CCC(C)O)CC1. The monoisotopic (exact) mass is 285 g/mol. The maximum atomic E-state index is 11.8. The molecule has 1 aliphatic rings. The Morgan fingerprint density at radius 2 is 2.10 bits per heavy atom. The quantitative estimate of drug-likeness (QED) is 0.746. The van der Waals surface area contributed by atoms with Gasteiger partial charge < -0.3 is 20.2 Å². The number of amides is 2. The Hall–Kier alpha value is -0.810. The first-order chi connectivity index (χ1) is 9.52. The average molecular weight is 285 g/mol. The van der Waals surface area contributed by atoms with Gasteiger partial charge in [-0.3, -0.25) is 0 Å². The van der Waals surface area contributed by atoms with Gasteiger partial charge in [-0.1, -0.05) is 6.92 Å². The molecule has 0 radical (unpaired) electrons. The Bertz CT molecular complexity index is 276. The van der Waals surface area contributed by atoms with E-state index in [2.05, 4.69) is 17.1 Å². The van der Waals surface area contributed by atoms with Crippen LogP contribution in [0, 0.1) is 5.92 Å². The summed E-state index contributed by atoms with van der Waals surface area (Å²) in [5, 5.41) is 12.2. The molecule has 5 nitrogen and oxygen atoms in total. The van der Waals surface area contributed by atoms with Crippen molar-refractivity contribution in [3.05, 3.63) is 0 Å². The minimum absolute atomic E-state index is 0.0309. The molecule has 1 fully saturated rings. The molecule has 1 rings (SSSR count). The highest BCUT2D eigenvalue weighted by molar-refractivity contribution is 5.73. The Balaban J connectivity index is 2.10. The molecule has 1 unspecified atom stereocenters. The van der Waals surface area contributed by atoms with Crippen LogP contribution in [0.4, 0.5) is 4.79 Å². The van der Waals surface area contributed by atoms with Crippen LogP contribution in [-0.4, -0.2) is 66.8 Å². The summed E-state index contributed by atoms with van der Waals surface area (Å²) >= 11 is 0. The summed E-state index contributed by atoms with van der Waals surface area (Å²) in [6.45, 7) is 8.86. The fourth-order valence-electron chi connectivity index (χ4n) is 2.59. The van der Waals surface area contributed by atoms with E-state index < -0.39 is 0 Å². The molecular formula is C15H31N3O2. The lowest BCUT2D eigenvalue weighted by Crippen LogP contribution is -2.40. The maximum absolute atomic E-state index is 11.8. The highest BCUT2D eigenvalue weighted by atomic mass is 16.3. The molecule has 2 amide bonds. The van der Waals surface area contributed by atoms with Gasteiger partial charge in [-0.15, -0.1) is 0 Å². The summed E-state index contributed by atoms with van der Waals surface area (Å²) in [5.41, 5.74) is 0. The van der Waals surface area contributed by atoms with Crippen molar-refractivity contribution in [2.75, 3.05) is 39.8 Å². The van der Waals surface area contributed by atoms with Gasteiger partial charge in [-0.2, -0.15) is 0 Å². The van der Waals surface area contributed by atoms with Crippen LogP contribution in [0.15, 0.2) is 0 Å². The number of hydrogen-bond donors (Lipinski definition) is 2. The lowest BCUT2D eigenvalue weighted by atomic mass is 9.93. The third-order valence-electron chi connectivity index (χ3n) is 4.21. The van der Waals surface area contributed by atoms with Crippen LogP contribution < -0.4 is 5.32 Å². The predicted octanol–water partition coefficient (Wildman–Crippen LogP) is 1.52. The number of aliphatic hydroxyl groups excluding tert-OH is 1. The van der Waals surface area contributed by atoms with Gasteiger partial charge in [0.25, 0.3) is 0 Å². The van der Waals surface area contributed by atoms with E-state index in [0.29, 0.717) is 13.0 Å². The largest absolute Gasteiger partial charge is 0.393 e. The molecule has 1 saturated heterocycles. The van der Waals surface area contributed by atoms with Gasteiger partial charge >= 0.3 is 6.03 Å². The van der Waals surface area contributed by atoms with E-state index in [1.54, 1.807) is 18.9 Å². The summed E-state index contributed by atoms with van der Waals surface area (Å²) in [6, 6.07) is -0.0309. The van der Waals surface area contributed by atoms with E-state index in [9.17, 15) is 9.90 Å². The summed E-state index contributed by atoms with van der Waals surface area (Å²) in [4.78, 5) is 16.0. The number of nitrogens with one attached hydrogen (secondary N) is 1. The molecule has 0 aromatic heterocycles. The molecule has 0 aliphatic carbocycles. The van der Waals surface area contributed by atoms with Gasteiger partial charge in [0.15, 0.2) is 0 Å². The standard InChI is InChI=1S/C15H31N3O2/c1-4-18-11-7-14(8-12-18)5-9-16-15(20)17(3)10-6-13(2)19/h13-14,19H,4-12H2,1-3H3,(H,16,20). The van der Waals surface area contributed by atoms with Crippen molar-refractivity contribution in [2.45, 2.75) is 45.6 Å². The third kappa shape index (κ3) is 6.57. The number of urea groups is 1. The molecule has 1 aliphatic heterocycles. The van der Waals surface area contributed by atoms with E-state index >= 15 is 0 Å². The number of likely N-dealkylation sites (tertiary alicyclic amines) is 1. The molecular weight excluding hydrogens is 254 g/mol. The second kappa shape index (κ2) is 9.19. The highest BCUT2D eigenvalue weighted by Gasteiger charge is 2.18. The second-order valence-electron chi connectivity index (χ2n) is 5.96. The van der Waals surface area contributed by atoms with Crippen molar-refractivity contribution in [3.63, 3.8) is 0 Å². The fraction of sp³-hybridized carbons (Fsp3) is 0.933. The Morgan fingerprint density at radius 1 is 1.45 bits per heavy atom. The highest BCUT2D eigenvalue weighted by Crippen LogP contribution is 2.19. The molecule has 118 valence electrons. The van der Waals surface area contributed by atoms with Gasteiger partial charge in [0.05, 0.1) is 6.10 Å². The summed E-state index contributed by atoms with van der Waals surface area (Å²) < 4.78 is 0. The molecule has 0 aromatic carbocycles. The van der Waals surface area contributed by atoms with Gasteiger partial charge in [-0.25, -0.2) is 4.79 Å². The first-order valence-electron chi connectivity index (χ1n) is 7.92. The Labute approximate surface area is 123 Å². The van der Waals surface area contributed by atoms with Crippen molar-refractivity contribution >= 4 is 6.03 Å². The van der Waals surface area contributed by atoms with Crippen molar-refractivity contribution in [1.82, 2.24) is 15.1 Å². The second-order valence-corrected chi connectivity index (χ2v) is 5.96. The normalized spacial score (nSPS) is 18.8. The summed E-state index contributed by atoms with van der Waals surface area (Å²) in [6.07, 6.45) is 3.85. The fourth-order valence-corrected chi connectivity index (χ4v) is 2.59. The minimum atomic E-state index is -0.353. The molecule has 5 heteroatoms. The zero-order valence-electron chi connectivity index (χ0n) is 13.3. The molecule has 0 bridgehead atoms. The lowest BCUT2D eigenvalue weighted by Gasteiger charge is -2.31. The van der Waals surface area contributed by atoms with E-state index in [4.69, 9.17) is 0 Å². The zero-order valence-corrected chi connectivity index (χ0v) is 13.3. The van der Waals surface area contributed by atoms with E-state index in [1.807, 2.05) is 0 Å². The van der Waals surface area contributed by atoms with Crippen LogP contribution in [0.2, 0.25) is 0 Å². The van der Waals surface area contributed by atoms with Crippen LogP contribution in [0.3, 0.4) is 0 Å². The number of nitrogens with zero attached hydrogens (tertiary/aromatic N) is 2. The third-order valence-corrected chi connectivity index (χ3v) is 4.21. The lowest BCUT2D eigenvalue weighted by molar-refractivity contribution is 0.162. The summed E-state index contributed by atoms with van der Waals surface area (Å²) in [5.74, 6) is 0.751. The average Bonchev–Trinajstić information content (AvgIpc) is 2.45. The van der Waals surface area contributed by atoms with Crippen LogP contribution in [0.25, 0.3) is 0 Å². The molecule has 20 heavy (non-hydrogen) atoms. The van der Waals surface area contributed by atoms with E-state index in [-0.39, 0.29) is 12.1 Å². The number of carbonyl (C=O) groups is 1. The number of hydrogen-bond acceptors (Lipinski definition) is 3. The van der Waals surface area contributed by atoms with E-state index in [1.165, 1.54) is 25.9 Å². The smallest absolute Gasteiger partial charge is 0.317 e. The van der Waals surface area contributed by atoms with Crippen molar-refractivity contribution in [1.29, 1.82) is 0 Å². The zero-order chi connectivity index (χ0) is 15.0. The Kier molecular flexibility index (Phi) is 7.92. The van der Waals surface area contributed by atoms with Gasteiger partial charge in [0, 0.05) is 20.1 Å². The molecule has 2 N–H and O–H groups in total. The van der Waals surface area contributed by atoms with Gasteiger partial charge in [-0.05, 0) is 58.2 Å². The minimum Gasteiger partial charge on any atom is -0.393 e. The number of rotatable bonds is 7. The first kappa shape index (κ1) is 17.2. The van der Waals surface area contributed by atoms with Crippen molar-refractivity contribution in [2.24, 2.45) is 5.92 Å². The molecule has 0 aromatic rings. The van der Waals surface area contributed by atoms with Gasteiger partial charge in [0.2, 0.25) is 0 Å². The number of piperidine rings is 1. The van der Waals surface area contributed by atoms with Crippen molar-refractivity contribution < 1.29 is 9.90 Å². The topological polar surface area (TPSA) is 55.8 Å². The van der Waals surface area contributed by atoms with E-state index in [0.717, 1.165) is 25.4 Å². The summed E-state index contributed by atoms with van der Waals surface area (Å²) in [7, 11) is 1.78. The van der Waals surface area contributed by atoms with Gasteiger partial charge in [0.1, 0.15) is 0 Å². The van der Waals surface area contributed by atoms with Crippen LogP contribution >= 0.6 is 0 Å². The van der Waals surface area contributed by atoms with Crippen molar-refractivity contribution in [3.8, 4) is 0 Å². The first-order valence-corrected chi connectivity index (χ1v) is 7.92. The van der Waals surface area contributed by atoms with Crippen LogP contribution in [-0.2, 0) is 0 Å². The number of aliphatic hydroxyl groups is 1. The van der Waals surface area contributed by atoms with Crippen LogP contribution in [0.1, 0.15) is 39.5 Å². The molecule has 1 heterocycles. The Morgan fingerprint density at radius 3 is 2.65 bits per heavy atom. The molecule has 0 spiro atoms. The molecule has 1 atom stereocenters. The van der Waals surface area contributed by atoms with Crippen LogP contribution in [0.5, 0.6) is 0 Å². The number of carbonyl (C=O) groups excluding carboxylic acids is 1. The predicted molar refractivity (Wildman–Crippen MR) is 81.8 cm³/mol. The maximum Gasteiger partial charge on any atom is 0.317 e.